The van der Waals surface area contributed by atoms with Gasteiger partial charge in [0.15, 0.2) is 17.5 Å². The third-order valence-electron chi connectivity index (χ3n) is 4.94. The van der Waals surface area contributed by atoms with Gasteiger partial charge >= 0.3 is 0 Å². The van der Waals surface area contributed by atoms with Crippen molar-refractivity contribution in [1.82, 2.24) is 20.1 Å². The predicted molar refractivity (Wildman–Crippen MR) is 83.2 cm³/mol. The molecule has 2 aliphatic rings. The fourth-order valence-corrected chi connectivity index (χ4v) is 3.36. The van der Waals surface area contributed by atoms with Gasteiger partial charge in [-0.25, -0.2) is 18.2 Å². The van der Waals surface area contributed by atoms with Crippen LogP contribution in [0.15, 0.2) is 12.1 Å². The molecule has 1 aromatic carbocycles. The van der Waals surface area contributed by atoms with E-state index in [0.717, 1.165) is 24.7 Å². The maximum atomic E-state index is 14.0. The molecule has 0 radical (unpaired) electrons. The van der Waals surface area contributed by atoms with Crippen LogP contribution in [0.2, 0.25) is 0 Å². The van der Waals surface area contributed by atoms with Crippen LogP contribution in [0.4, 0.5) is 13.2 Å². The molecule has 1 aromatic heterocycles. The molecule has 134 valence electrons. The van der Waals surface area contributed by atoms with Crippen molar-refractivity contribution in [3.63, 3.8) is 0 Å². The first-order valence-electron chi connectivity index (χ1n) is 8.37. The van der Waals surface area contributed by atoms with Crippen molar-refractivity contribution in [1.29, 1.82) is 0 Å². The van der Waals surface area contributed by atoms with Gasteiger partial charge in [0, 0.05) is 37.7 Å². The van der Waals surface area contributed by atoms with Gasteiger partial charge < -0.3 is 4.74 Å². The molecule has 0 unspecified atom stereocenters. The van der Waals surface area contributed by atoms with Crippen LogP contribution in [0.3, 0.4) is 0 Å². The highest BCUT2D eigenvalue weighted by molar-refractivity contribution is 5.21. The van der Waals surface area contributed by atoms with E-state index >= 15 is 0 Å². The highest BCUT2D eigenvalue weighted by Crippen LogP contribution is 2.39. The van der Waals surface area contributed by atoms with E-state index in [4.69, 9.17) is 4.74 Å². The number of hydrogen-bond donors (Lipinski definition) is 1. The van der Waals surface area contributed by atoms with Crippen molar-refractivity contribution in [3.05, 3.63) is 46.8 Å². The lowest BCUT2D eigenvalue weighted by Gasteiger charge is -2.22. The van der Waals surface area contributed by atoms with E-state index in [1.54, 1.807) is 7.11 Å². The van der Waals surface area contributed by atoms with E-state index in [9.17, 15) is 13.2 Å². The van der Waals surface area contributed by atoms with Crippen molar-refractivity contribution in [3.8, 4) is 0 Å². The number of nitrogens with zero attached hydrogens (tertiary/aromatic N) is 3. The largest absolute Gasteiger partial charge is 0.380 e. The summed E-state index contributed by atoms with van der Waals surface area (Å²) >= 11 is 0. The SMILES string of the molecule is CO[C@@H]1C[C@@H](c2nc(C3CC3)n[nH]2)N(Cc2cc(F)c(F)cc2F)C1. The van der Waals surface area contributed by atoms with Crippen LogP contribution >= 0.6 is 0 Å². The Hall–Kier alpha value is -1.93. The number of aromatic amines is 1. The van der Waals surface area contributed by atoms with Gasteiger partial charge in [0.05, 0.1) is 12.1 Å². The monoisotopic (exact) mass is 352 g/mol. The first-order chi connectivity index (χ1) is 12.0. The van der Waals surface area contributed by atoms with Crippen LogP contribution in [0, 0.1) is 17.5 Å². The first kappa shape index (κ1) is 16.5. The molecule has 25 heavy (non-hydrogen) atoms. The molecule has 1 N–H and O–H groups in total. The van der Waals surface area contributed by atoms with E-state index in [1.165, 1.54) is 0 Å². The van der Waals surface area contributed by atoms with Gasteiger partial charge in [-0.05, 0) is 25.3 Å². The van der Waals surface area contributed by atoms with Gasteiger partial charge in [-0.1, -0.05) is 0 Å². The van der Waals surface area contributed by atoms with E-state index in [1.807, 2.05) is 4.90 Å². The second kappa shape index (κ2) is 6.42. The summed E-state index contributed by atoms with van der Waals surface area (Å²) in [5.74, 6) is -1.03. The number of ether oxygens (including phenoxy) is 1. The van der Waals surface area contributed by atoms with Gasteiger partial charge in [0.1, 0.15) is 11.6 Å². The minimum absolute atomic E-state index is 0.0344. The molecule has 2 heterocycles. The number of rotatable bonds is 5. The normalized spacial score (nSPS) is 24.2. The lowest BCUT2D eigenvalue weighted by atomic mass is 10.1. The number of benzene rings is 1. The average Bonchev–Trinajstić information content (AvgIpc) is 3.18. The Balaban J connectivity index is 1.58. The Morgan fingerprint density at radius 1 is 1.20 bits per heavy atom. The fourth-order valence-electron chi connectivity index (χ4n) is 3.36. The highest BCUT2D eigenvalue weighted by atomic mass is 19.2. The van der Waals surface area contributed by atoms with Gasteiger partial charge in [-0.15, -0.1) is 0 Å². The summed E-state index contributed by atoms with van der Waals surface area (Å²) in [7, 11) is 1.62. The molecular formula is C17H19F3N4O. The number of H-pyrrole nitrogens is 1. The molecule has 2 atom stereocenters. The summed E-state index contributed by atoms with van der Waals surface area (Å²) in [5.41, 5.74) is 0.114. The standard InChI is InChI=1S/C17H19F3N4O/c1-25-11-5-15(17-21-16(22-23-17)9-2-3-9)24(8-11)7-10-4-13(19)14(20)6-12(10)18/h4,6,9,11,15H,2-3,5,7-8H2,1H3,(H,21,22,23)/t11-,15+/m1/s1. The van der Waals surface area contributed by atoms with Crippen LogP contribution in [0.25, 0.3) is 0 Å². The molecule has 2 fully saturated rings. The summed E-state index contributed by atoms with van der Waals surface area (Å²) in [4.78, 5) is 6.54. The molecule has 4 rings (SSSR count). The number of likely N-dealkylation sites (tertiary alicyclic amines) is 1. The van der Waals surface area contributed by atoms with Gasteiger partial charge in [-0.3, -0.25) is 10.00 Å². The zero-order valence-corrected chi connectivity index (χ0v) is 13.8. The molecule has 8 heteroatoms. The second-order valence-corrected chi connectivity index (χ2v) is 6.75. The molecule has 1 saturated heterocycles. The number of methoxy groups -OCH3 is 1. The number of aromatic nitrogens is 3. The minimum atomic E-state index is -1.18. The van der Waals surface area contributed by atoms with E-state index in [-0.39, 0.29) is 24.3 Å². The maximum Gasteiger partial charge on any atom is 0.161 e. The Morgan fingerprint density at radius 3 is 2.68 bits per heavy atom. The van der Waals surface area contributed by atoms with Gasteiger partial charge in [0.2, 0.25) is 0 Å². The van der Waals surface area contributed by atoms with Crippen LogP contribution < -0.4 is 0 Å². The molecule has 1 saturated carbocycles. The third-order valence-corrected chi connectivity index (χ3v) is 4.94. The molecule has 0 bridgehead atoms. The summed E-state index contributed by atoms with van der Waals surface area (Å²) in [6, 6.07) is 1.37. The Bertz CT molecular complexity index is 777. The van der Waals surface area contributed by atoms with Crippen LogP contribution in [0.1, 0.15) is 48.4 Å². The number of hydrogen-bond acceptors (Lipinski definition) is 4. The van der Waals surface area contributed by atoms with Crippen molar-refractivity contribution in [2.45, 2.75) is 43.9 Å². The quantitative estimate of drug-likeness (QED) is 0.841. The zero-order chi connectivity index (χ0) is 17.6. The molecule has 5 nitrogen and oxygen atoms in total. The van der Waals surface area contributed by atoms with E-state index in [0.29, 0.717) is 30.8 Å². The zero-order valence-electron chi connectivity index (χ0n) is 13.8. The third kappa shape index (κ3) is 3.28. The summed E-state index contributed by atoms with van der Waals surface area (Å²) in [6.45, 7) is 0.700. The maximum absolute atomic E-state index is 14.0. The summed E-state index contributed by atoms with van der Waals surface area (Å²) in [5, 5.41) is 7.25. The Kier molecular flexibility index (Phi) is 4.24. The van der Waals surface area contributed by atoms with Crippen molar-refractivity contribution >= 4 is 0 Å². The fraction of sp³-hybridized carbons (Fsp3) is 0.529. The average molecular weight is 352 g/mol. The topological polar surface area (TPSA) is 54.0 Å². The molecular weight excluding hydrogens is 333 g/mol. The van der Waals surface area contributed by atoms with Crippen molar-refractivity contribution < 1.29 is 17.9 Å². The highest BCUT2D eigenvalue weighted by Gasteiger charge is 2.37. The van der Waals surface area contributed by atoms with Crippen molar-refractivity contribution in [2.75, 3.05) is 13.7 Å². The summed E-state index contributed by atoms with van der Waals surface area (Å²) in [6.07, 6.45) is 2.85. The summed E-state index contributed by atoms with van der Waals surface area (Å²) < 4.78 is 46.1. The molecule has 1 aliphatic carbocycles. The Labute approximate surface area is 143 Å². The molecule has 0 spiro atoms. The van der Waals surface area contributed by atoms with Crippen molar-refractivity contribution in [2.24, 2.45) is 0 Å². The van der Waals surface area contributed by atoms with E-state index < -0.39 is 17.5 Å². The molecule has 1 aliphatic heterocycles. The molecule has 2 aromatic rings. The van der Waals surface area contributed by atoms with Gasteiger partial charge in [0.25, 0.3) is 0 Å². The minimum Gasteiger partial charge on any atom is -0.380 e. The lowest BCUT2D eigenvalue weighted by molar-refractivity contribution is 0.107. The van der Waals surface area contributed by atoms with E-state index in [2.05, 4.69) is 15.2 Å². The lowest BCUT2D eigenvalue weighted by Crippen LogP contribution is -2.26. The second-order valence-electron chi connectivity index (χ2n) is 6.75. The van der Waals surface area contributed by atoms with Crippen LogP contribution in [-0.4, -0.2) is 39.8 Å². The smallest absolute Gasteiger partial charge is 0.161 e. The predicted octanol–water partition coefficient (Wildman–Crippen LogP) is 3.06. The van der Waals surface area contributed by atoms with Gasteiger partial charge in [-0.2, -0.15) is 5.10 Å². The Morgan fingerprint density at radius 2 is 1.96 bits per heavy atom. The number of nitrogens with one attached hydrogen (secondary N) is 1. The van der Waals surface area contributed by atoms with Crippen LogP contribution in [0.5, 0.6) is 0 Å². The molecule has 0 amide bonds. The first-order valence-corrected chi connectivity index (χ1v) is 8.37. The van der Waals surface area contributed by atoms with Crippen LogP contribution in [-0.2, 0) is 11.3 Å². The number of halogens is 3.